The van der Waals surface area contributed by atoms with Crippen molar-refractivity contribution < 1.29 is 23.8 Å². The monoisotopic (exact) mass is 414 g/mol. The van der Waals surface area contributed by atoms with Crippen molar-refractivity contribution in [2.24, 2.45) is 11.3 Å². The van der Waals surface area contributed by atoms with Crippen LogP contribution in [0.1, 0.15) is 72.8 Å². The predicted molar refractivity (Wildman–Crippen MR) is 116 cm³/mol. The van der Waals surface area contributed by atoms with E-state index < -0.39 is 5.60 Å². The SMILES string of the molecule is CC(=O)Oc1ccc2c(c1)C[C@@]1(OC(C)=O)[C@@H](C)CCC[C@]1(C)CC(C=C(C)C)O2. The summed E-state index contributed by atoms with van der Waals surface area (Å²) < 4.78 is 18.0. The molecule has 1 aromatic rings. The zero-order chi connectivity index (χ0) is 22.1. The zero-order valence-corrected chi connectivity index (χ0v) is 19.0. The Hall–Kier alpha value is -2.30. The van der Waals surface area contributed by atoms with Crippen LogP contribution in [-0.2, 0) is 20.7 Å². The highest BCUT2D eigenvalue weighted by atomic mass is 16.6. The Kier molecular flexibility index (Phi) is 6.30. The summed E-state index contributed by atoms with van der Waals surface area (Å²) in [6.07, 6.45) is 6.42. The van der Waals surface area contributed by atoms with Crippen molar-refractivity contribution in [1.82, 2.24) is 0 Å². The van der Waals surface area contributed by atoms with E-state index in [9.17, 15) is 9.59 Å². The fourth-order valence-electron chi connectivity index (χ4n) is 5.45. The first kappa shape index (κ1) is 22.4. The van der Waals surface area contributed by atoms with Crippen LogP contribution in [0.3, 0.4) is 0 Å². The van der Waals surface area contributed by atoms with Gasteiger partial charge in [0, 0.05) is 31.2 Å². The first-order valence-corrected chi connectivity index (χ1v) is 10.9. The van der Waals surface area contributed by atoms with Crippen LogP contribution in [0.2, 0.25) is 0 Å². The Bertz CT molecular complexity index is 853. The van der Waals surface area contributed by atoms with Crippen molar-refractivity contribution in [1.29, 1.82) is 0 Å². The van der Waals surface area contributed by atoms with Gasteiger partial charge in [-0.1, -0.05) is 25.8 Å². The third kappa shape index (κ3) is 4.40. The van der Waals surface area contributed by atoms with Crippen LogP contribution in [-0.4, -0.2) is 23.6 Å². The van der Waals surface area contributed by atoms with Gasteiger partial charge >= 0.3 is 11.9 Å². The second kappa shape index (κ2) is 8.44. The molecular weight excluding hydrogens is 380 g/mol. The Morgan fingerprint density at radius 3 is 2.53 bits per heavy atom. The lowest BCUT2D eigenvalue weighted by Gasteiger charge is -2.56. The molecule has 30 heavy (non-hydrogen) atoms. The summed E-state index contributed by atoms with van der Waals surface area (Å²) in [6.45, 7) is 11.4. The molecule has 2 aliphatic rings. The number of allylic oxidation sites excluding steroid dienone is 1. The number of rotatable bonds is 3. The first-order valence-electron chi connectivity index (χ1n) is 10.9. The van der Waals surface area contributed by atoms with E-state index in [2.05, 4.69) is 33.8 Å². The molecule has 0 spiro atoms. The Morgan fingerprint density at radius 1 is 1.17 bits per heavy atom. The van der Waals surface area contributed by atoms with Gasteiger partial charge in [0.05, 0.1) is 0 Å². The molecule has 1 aliphatic carbocycles. The van der Waals surface area contributed by atoms with Gasteiger partial charge in [-0.3, -0.25) is 9.59 Å². The summed E-state index contributed by atoms with van der Waals surface area (Å²) >= 11 is 0. The van der Waals surface area contributed by atoms with E-state index >= 15 is 0 Å². The standard InChI is InChI=1S/C25H34O5/c1-16(2)12-22-15-24(6)11-7-8-17(3)25(24,30-19(5)27)14-20-13-21(28-18(4)26)9-10-23(20)29-22/h9-10,12-13,17,22H,7-8,11,14-15H2,1-6H3/t17-,22?,24+,25+/m0/s1. The molecule has 0 N–H and O–H groups in total. The number of carbonyl (C=O) groups is 2. The molecule has 0 amide bonds. The van der Waals surface area contributed by atoms with Gasteiger partial charge in [-0.15, -0.1) is 0 Å². The van der Waals surface area contributed by atoms with Crippen molar-refractivity contribution in [2.75, 3.05) is 0 Å². The smallest absolute Gasteiger partial charge is 0.308 e. The minimum absolute atomic E-state index is 0.126. The van der Waals surface area contributed by atoms with Crippen LogP contribution in [0.4, 0.5) is 0 Å². The van der Waals surface area contributed by atoms with Gasteiger partial charge in [-0.05, 0) is 63.3 Å². The lowest BCUT2D eigenvalue weighted by atomic mass is 9.55. The predicted octanol–water partition coefficient (Wildman–Crippen LogP) is 5.40. The fraction of sp³-hybridized carbons (Fsp3) is 0.600. The number of fused-ring (bicyclic) bond motifs is 2. The molecule has 3 rings (SSSR count). The van der Waals surface area contributed by atoms with E-state index in [4.69, 9.17) is 14.2 Å². The van der Waals surface area contributed by atoms with E-state index in [0.29, 0.717) is 12.2 Å². The van der Waals surface area contributed by atoms with Crippen LogP contribution >= 0.6 is 0 Å². The van der Waals surface area contributed by atoms with Crippen LogP contribution < -0.4 is 9.47 Å². The molecular formula is C25H34O5. The molecule has 164 valence electrons. The molecule has 0 radical (unpaired) electrons. The molecule has 0 aromatic heterocycles. The Morgan fingerprint density at radius 2 is 1.90 bits per heavy atom. The van der Waals surface area contributed by atoms with Gasteiger partial charge in [0.1, 0.15) is 23.2 Å². The Labute approximate surface area is 179 Å². The van der Waals surface area contributed by atoms with Crippen molar-refractivity contribution in [3.05, 3.63) is 35.4 Å². The molecule has 1 fully saturated rings. The van der Waals surface area contributed by atoms with Gasteiger partial charge in [-0.2, -0.15) is 0 Å². The van der Waals surface area contributed by atoms with Gasteiger partial charge < -0.3 is 14.2 Å². The summed E-state index contributed by atoms with van der Waals surface area (Å²) in [7, 11) is 0. The number of esters is 2. The highest BCUT2D eigenvalue weighted by Crippen LogP contribution is 2.56. The van der Waals surface area contributed by atoms with Gasteiger partial charge in [-0.25, -0.2) is 0 Å². The normalized spacial score (nSPS) is 30.5. The quantitative estimate of drug-likeness (QED) is 0.376. The maximum absolute atomic E-state index is 12.3. The van der Waals surface area contributed by atoms with Crippen LogP contribution in [0.15, 0.2) is 29.8 Å². The van der Waals surface area contributed by atoms with E-state index in [1.165, 1.54) is 19.4 Å². The van der Waals surface area contributed by atoms with Gasteiger partial charge in [0.15, 0.2) is 0 Å². The lowest BCUT2D eigenvalue weighted by Crippen LogP contribution is -2.59. The molecule has 1 unspecified atom stereocenters. The molecule has 1 heterocycles. The topological polar surface area (TPSA) is 61.8 Å². The maximum atomic E-state index is 12.3. The number of hydrogen-bond donors (Lipinski definition) is 0. The highest BCUT2D eigenvalue weighted by molar-refractivity contribution is 5.69. The van der Waals surface area contributed by atoms with E-state index in [0.717, 1.165) is 37.0 Å². The average Bonchev–Trinajstić information content (AvgIpc) is 2.59. The third-order valence-corrected chi connectivity index (χ3v) is 6.71. The van der Waals surface area contributed by atoms with E-state index in [1.54, 1.807) is 6.07 Å². The summed E-state index contributed by atoms with van der Waals surface area (Å²) in [5.41, 5.74) is 1.21. The summed E-state index contributed by atoms with van der Waals surface area (Å²) in [5.74, 6) is 0.811. The number of carbonyl (C=O) groups excluding carboxylic acids is 2. The molecule has 5 heteroatoms. The third-order valence-electron chi connectivity index (χ3n) is 6.71. The lowest BCUT2D eigenvalue weighted by molar-refractivity contribution is -0.200. The minimum Gasteiger partial charge on any atom is -0.486 e. The summed E-state index contributed by atoms with van der Waals surface area (Å²) in [5, 5.41) is 0. The first-order chi connectivity index (χ1) is 14.0. The highest BCUT2D eigenvalue weighted by Gasteiger charge is 2.57. The van der Waals surface area contributed by atoms with Gasteiger partial charge in [0.2, 0.25) is 0 Å². The second-order valence-electron chi connectivity index (χ2n) is 9.48. The number of hydrogen-bond acceptors (Lipinski definition) is 5. The largest absolute Gasteiger partial charge is 0.486 e. The van der Waals surface area contributed by atoms with Crippen LogP contribution in [0.5, 0.6) is 11.5 Å². The molecule has 1 aliphatic heterocycles. The molecule has 5 nitrogen and oxygen atoms in total. The van der Waals surface area contributed by atoms with Crippen molar-refractivity contribution in [3.8, 4) is 11.5 Å². The molecule has 0 saturated heterocycles. The zero-order valence-electron chi connectivity index (χ0n) is 19.0. The van der Waals surface area contributed by atoms with E-state index in [-0.39, 0.29) is 29.4 Å². The number of ether oxygens (including phenoxy) is 3. The fourth-order valence-corrected chi connectivity index (χ4v) is 5.45. The van der Waals surface area contributed by atoms with Crippen molar-refractivity contribution in [2.45, 2.75) is 85.4 Å². The van der Waals surface area contributed by atoms with Crippen molar-refractivity contribution >= 4 is 11.9 Å². The maximum Gasteiger partial charge on any atom is 0.308 e. The second-order valence-corrected chi connectivity index (χ2v) is 9.48. The van der Waals surface area contributed by atoms with Gasteiger partial charge in [0.25, 0.3) is 0 Å². The molecule has 1 aromatic carbocycles. The number of benzene rings is 1. The molecule has 1 saturated carbocycles. The van der Waals surface area contributed by atoms with E-state index in [1.807, 2.05) is 12.1 Å². The minimum atomic E-state index is -0.641. The molecule has 4 atom stereocenters. The average molecular weight is 415 g/mol. The summed E-state index contributed by atoms with van der Waals surface area (Å²) in [4.78, 5) is 23.8. The Balaban J connectivity index is 2.18. The van der Waals surface area contributed by atoms with Crippen LogP contribution in [0.25, 0.3) is 0 Å². The summed E-state index contributed by atoms with van der Waals surface area (Å²) in [6, 6.07) is 5.47. The van der Waals surface area contributed by atoms with Crippen molar-refractivity contribution in [3.63, 3.8) is 0 Å². The molecule has 0 bridgehead atoms. The van der Waals surface area contributed by atoms with Crippen LogP contribution in [0, 0.1) is 11.3 Å².